The summed E-state index contributed by atoms with van der Waals surface area (Å²) in [6.07, 6.45) is 0. The van der Waals surface area contributed by atoms with Crippen LogP contribution in [0.15, 0.2) is 182 Å². The van der Waals surface area contributed by atoms with Gasteiger partial charge in [0.2, 0.25) is 0 Å². The maximum atomic E-state index is 2.56. The molecular formula is C49H30N2. The Morgan fingerprint density at radius 3 is 1.45 bits per heavy atom. The minimum Gasteiger partial charge on any atom is -0.309 e. The third-order valence-corrected chi connectivity index (χ3v) is 11.7. The minimum atomic E-state index is -0.453. The van der Waals surface area contributed by atoms with E-state index in [1.54, 1.807) is 0 Å². The van der Waals surface area contributed by atoms with Crippen LogP contribution in [0.25, 0.3) is 77.2 Å². The standard InChI is InChI=1S/C49H30N2/c1-3-15-31(16-4-1)50-44-26-14-10-22-36(44)39-29-40-38-28-27-37-35-21-9-13-25-43(35)49(41-23-11-7-19-33(41)34-20-8-12-24-42(34)49)47(37)48(38)51(46(40)30-45(39)50)32-17-5-2-6-18-32/h1-30H. The molecule has 2 aliphatic carbocycles. The quantitative estimate of drug-likeness (QED) is 0.177. The van der Waals surface area contributed by atoms with Crippen molar-refractivity contribution < 1.29 is 0 Å². The van der Waals surface area contributed by atoms with Crippen molar-refractivity contribution in [3.05, 3.63) is 204 Å². The molecule has 2 nitrogen and oxygen atoms in total. The highest BCUT2D eigenvalue weighted by molar-refractivity contribution is 6.21. The van der Waals surface area contributed by atoms with Gasteiger partial charge in [0.1, 0.15) is 0 Å². The monoisotopic (exact) mass is 646 g/mol. The second-order valence-electron chi connectivity index (χ2n) is 14.0. The Bertz CT molecular complexity index is 3010. The predicted octanol–water partition coefficient (Wildman–Crippen LogP) is 12.2. The van der Waals surface area contributed by atoms with Crippen LogP contribution in [0.1, 0.15) is 22.3 Å². The van der Waals surface area contributed by atoms with Gasteiger partial charge < -0.3 is 9.13 Å². The number of benzene rings is 8. The predicted molar refractivity (Wildman–Crippen MR) is 211 cm³/mol. The minimum absolute atomic E-state index is 0.453. The van der Waals surface area contributed by atoms with E-state index in [-0.39, 0.29) is 0 Å². The topological polar surface area (TPSA) is 9.86 Å². The van der Waals surface area contributed by atoms with Crippen LogP contribution >= 0.6 is 0 Å². The first-order chi connectivity index (χ1) is 25.3. The van der Waals surface area contributed by atoms with Gasteiger partial charge >= 0.3 is 0 Å². The average Bonchev–Trinajstić information content (AvgIpc) is 3.89. The summed E-state index contributed by atoms with van der Waals surface area (Å²) in [5, 5.41) is 5.08. The lowest BCUT2D eigenvalue weighted by Gasteiger charge is -2.31. The number of rotatable bonds is 2. The lowest BCUT2D eigenvalue weighted by atomic mass is 9.70. The summed E-state index contributed by atoms with van der Waals surface area (Å²) < 4.78 is 5.00. The fourth-order valence-corrected chi connectivity index (χ4v) is 9.84. The molecule has 0 aliphatic heterocycles. The molecule has 8 aromatic carbocycles. The van der Waals surface area contributed by atoms with Crippen LogP contribution in [0.3, 0.4) is 0 Å². The molecule has 0 saturated carbocycles. The van der Waals surface area contributed by atoms with Crippen LogP contribution < -0.4 is 0 Å². The van der Waals surface area contributed by atoms with E-state index in [0.717, 1.165) is 0 Å². The summed E-state index contributed by atoms with van der Waals surface area (Å²) in [5.74, 6) is 0. The smallest absolute Gasteiger partial charge is 0.0746 e. The third-order valence-electron chi connectivity index (χ3n) is 11.7. The molecule has 0 bridgehead atoms. The molecule has 0 N–H and O–H groups in total. The van der Waals surface area contributed by atoms with E-state index in [1.165, 1.54) is 99.5 Å². The first-order valence-corrected chi connectivity index (χ1v) is 17.8. The number of fused-ring (bicyclic) bond motifs is 17. The summed E-state index contributed by atoms with van der Waals surface area (Å²) in [6, 6.07) is 67.6. The Labute approximate surface area is 295 Å². The van der Waals surface area contributed by atoms with Gasteiger partial charge in [0.15, 0.2) is 0 Å². The summed E-state index contributed by atoms with van der Waals surface area (Å²) in [6.45, 7) is 0. The molecule has 0 unspecified atom stereocenters. The van der Waals surface area contributed by atoms with E-state index >= 15 is 0 Å². The molecule has 2 aliphatic rings. The Morgan fingerprint density at radius 1 is 0.314 bits per heavy atom. The molecular weight excluding hydrogens is 617 g/mol. The third kappa shape index (κ3) is 3.28. The highest BCUT2D eigenvalue weighted by Crippen LogP contribution is 2.64. The van der Waals surface area contributed by atoms with Crippen LogP contribution in [0.2, 0.25) is 0 Å². The molecule has 51 heavy (non-hydrogen) atoms. The molecule has 10 aromatic rings. The maximum Gasteiger partial charge on any atom is 0.0746 e. The van der Waals surface area contributed by atoms with Gasteiger partial charge in [-0.05, 0) is 81.4 Å². The Kier molecular flexibility index (Phi) is 5.20. The lowest BCUT2D eigenvalue weighted by molar-refractivity contribution is 0.797. The molecule has 2 aromatic heterocycles. The van der Waals surface area contributed by atoms with Crippen LogP contribution in [0, 0.1) is 0 Å². The zero-order chi connectivity index (χ0) is 33.3. The van der Waals surface area contributed by atoms with E-state index in [2.05, 4.69) is 191 Å². The zero-order valence-electron chi connectivity index (χ0n) is 27.7. The van der Waals surface area contributed by atoms with E-state index in [0.29, 0.717) is 0 Å². The lowest BCUT2D eigenvalue weighted by Crippen LogP contribution is -2.26. The summed E-state index contributed by atoms with van der Waals surface area (Å²) >= 11 is 0. The van der Waals surface area contributed by atoms with E-state index < -0.39 is 5.41 Å². The number of hydrogen-bond donors (Lipinski definition) is 0. The first kappa shape index (κ1) is 27.2. The van der Waals surface area contributed by atoms with Crippen molar-refractivity contribution in [2.45, 2.75) is 5.41 Å². The van der Waals surface area contributed by atoms with Crippen LogP contribution in [0.4, 0.5) is 0 Å². The highest BCUT2D eigenvalue weighted by Gasteiger charge is 2.53. The van der Waals surface area contributed by atoms with Crippen molar-refractivity contribution in [3.63, 3.8) is 0 Å². The Balaban J connectivity index is 1.32. The van der Waals surface area contributed by atoms with Crippen LogP contribution in [0.5, 0.6) is 0 Å². The van der Waals surface area contributed by atoms with Gasteiger partial charge in [-0.2, -0.15) is 0 Å². The molecule has 0 radical (unpaired) electrons. The van der Waals surface area contributed by atoms with Crippen LogP contribution in [-0.2, 0) is 5.41 Å². The summed E-state index contributed by atoms with van der Waals surface area (Å²) in [4.78, 5) is 0. The summed E-state index contributed by atoms with van der Waals surface area (Å²) in [5.41, 5.74) is 17.5. The van der Waals surface area contributed by atoms with Gasteiger partial charge in [0.25, 0.3) is 0 Å². The zero-order valence-corrected chi connectivity index (χ0v) is 27.7. The Hall–Kier alpha value is -6.64. The van der Waals surface area contributed by atoms with Gasteiger partial charge in [-0.15, -0.1) is 0 Å². The molecule has 12 rings (SSSR count). The van der Waals surface area contributed by atoms with Crippen molar-refractivity contribution in [3.8, 4) is 33.6 Å². The summed E-state index contributed by atoms with van der Waals surface area (Å²) in [7, 11) is 0. The number of para-hydroxylation sites is 3. The van der Waals surface area contributed by atoms with Crippen molar-refractivity contribution in [2.24, 2.45) is 0 Å². The molecule has 0 fully saturated rings. The van der Waals surface area contributed by atoms with E-state index in [4.69, 9.17) is 0 Å². The molecule has 0 amide bonds. The van der Waals surface area contributed by atoms with Crippen molar-refractivity contribution >= 4 is 43.6 Å². The van der Waals surface area contributed by atoms with Gasteiger partial charge in [0.05, 0.1) is 27.5 Å². The normalized spacial score (nSPS) is 13.6. The fourth-order valence-electron chi connectivity index (χ4n) is 9.84. The SMILES string of the molecule is c1ccc(-n2c3ccccc3c3cc4c5ccc6c(c5n(-c5ccccc5)c4cc32)C2(c3ccccc3-c3ccccc32)c2ccccc2-6)cc1. The molecule has 236 valence electrons. The number of aromatic nitrogens is 2. The van der Waals surface area contributed by atoms with Crippen molar-refractivity contribution in [2.75, 3.05) is 0 Å². The average molecular weight is 647 g/mol. The molecule has 0 atom stereocenters. The molecule has 2 heteroatoms. The van der Waals surface area contributed by atoms with E-state index in [1.807, 2.05) is 0 Å². The first-order valence-electron chi connectivity index (χ1n) is 17.8. The van der Waals surface area contributed by atoms with Crippen molar-refractivity contribution in [1.29, 1.82) is 0 Å². The largest absolute Gasteiger partial charge is 0.309 e. The van der Waals surface area contributed by atoms with Gasteiger partial charge in [0, 0.05) is 38.5 Å². The molecule has 2 heterocycles. The second kappa shape index (κ2) is 9.74. The second-order valence-corrected chi connectivity index (χ2v) is 14.0. The highest BCUT2D eigenvalue weighted by atomic mass is 15.0. The van der Waals surface area contributed by atoms with Crippen LogP contribution in [-0.4, -0.2) is 9.13 Å². The maximum absolute atomic E-state index is 2.56. The number of nitrogens with zero attached hydrogens (tertiary/aromatic N) is 2. The van der Waals surface area contributed by atoms with Gasteiger partial charge in [-0.1, -0.05) is 140 Å². The Morgan fingerprint density at radius 2 is 0.804 bits per heavy atom. The molecule has 1 spiro atoms. The molecule has 0 saturated heterocycles. The van der Waals surface area contributed by atoms with Gasteiger partial charge in [-0.25, -0.2) is 0 Å². The van der Waals surface area contributed by atoms with Crippen molar-refractivity contribution in [1.82, 2.24) is 9.13 Å². The van der Waals surface area contributed by atoms with E-state index in [9.17, 15) is 0 Å². The fraction of sp³-hybridized carbons (Fsp3) is 0.0204. The number of hydrogen-bond acceptors (Lipinski definition) is 0. The van der Waals surface area contributed by atoms with Gasteiger partial charge in [-0.3, -0.25) is 0 Å².